The van der Waals surface area contributed by atoms with Gasteiger partial charge in [-0.05, 0) is 11.6 Å². The maximum Gasteiger partial charge on any atom is 0.312 e. The first kappa shape index (κ1) is 16.2. The lowest BCUT2D eigenvalue weighted by Gasteiger charge is -2.12. The average Bonchev–Trinajstić information content (AvgIpc) is 2.55. The van der Waals surface area contributed by atoms with Crippen LogP contribution in [0.5, 0.6) is 0 Å². The molecule has 6 nitrogen and oxygen atoms in total. The number of hydrogen-bond acceptors (Lipinski definition) is 3. The standard InChI is InChI=1S/C17H17N3O3/c18-17(19)20-10-14(16(22)23)12-7-4-8-13(9-12)15(21)11-5-2-1-3-6-11/h1-9,14H,10H2,(H,22,23)(H4,18,19,20). The molecule has 6 heteroatoms. The van der Waals surface area contributed by atoms with E-state index in [1.165, 1.54) is 0 Å². The van der Waals surface area contributed by atoms with Crippen LogP contribution in [0.3, 0.4) is 0 Å². The Hall–Kier alpha value is -3.15. The lowest BCUT2D eigenvalue weighted by Crippen LogP contribution is -2.25. The van der Waals surface area contributed by atoms with Gasteiger partial charge in [0.25, 0.3) is 0 Å². The van der Waals surface area contributed by atoms with E-state index in [4.69, 9.17) is 11.5 Å². The molecule has 0 bridgehead atoms. The highest BCUT2D eigenvalue weighted by Gasteiger charge is 2.21. The van der Waals surface area contributed by atoms with Gasteiger partial charge < -0.3 is 16.6 Å². The number of benzene rings is 2. The number of nitrogens with zero attached hydrogens (tertiary/aromatic N) is 1. The molecule has 118 valence electrons. The number of carbonyl (C=O) groups is 2. The van der Waals surface area contributed by atoms with E-state index < -0.39 is 11.9 Å². The van der Waals surface area contributed by atoms with Crippen molar-refractivity contribution in [1.82, 2.24) is 0 Å². The molecule has 0 fully saturated rings. The molecule has 2 aromatic carbocycles. The minimum Gasteiger partial charge on any atom is -0.481 e. The Kier molecular flexibility index (Phi) is 5.09. The van der Waals surface area contributed by atoms with Crippen LogP contribution in [-0.4, -0.2) is 29.4 Å². The maximum atomic E-state index is 12.4. The van der Waals surface area contributed by atoms with E-state index in [2.05, 4.69) is 4.99 Å². The molecule has 0 aliphatic rings. The second kappa shape index (κ2) is 7.22. The van der Waals surface area contributed by atoms with Crippen LogP contribution in [0.1, 0.15) is 27.4 Å². The van der Waals surface area contributed by atoms with E-state index in [0.29, 0.717) is 16.7 Å². The van der Waals surface area contributed by atoms with Gasteiger partial charge in [0.05, 0.1) is 6.54 Å². The molecular formula is C17H17N3O3. The van der Waals surface area contributed by atoms with E-state index in [0.717, 1.165) is 0 Å². The molecule has 23 heavy (non-hydrogen) atoms. The molecule has 0 saturated heterocycles. The van der Waals surface area contributed by atoms with Gasteiger partial charge in [-0.15, -0.1) is 0 Å². The molecule has 1 atom stereocenters. The Morgan fingerprint density at radius 2 is 1.65 bits per heavy atom. The van der Waals surface area contributed by atoms with Gasteiger partial charge in [0, 0.05) is 11.1 Å². The highest BCUT2D eigenvalue weighted by atomic mass is 16.4. The molecule has 0 aliphatic carbocycles. The van der Waals surface area contributed by atoms with Crippen LogP contribution in [-0.2, 0) is 4.79 Å². The predicted molar refractivity (Wildman–Crippen MR) is 87.4 cm³/mol. The summed E-state index contributed by atoms with van der Waals surface area (Å²) in [6.45, 7) is -0.0827. The number of carbonyl (C=O) groups excluding carboxylic acids is 1. The monoisotopic (exact) mass is 311 g/mol. The van der Waals surface area contributed by atoms with Gasteiger partial charge in [-0.1, -0.05) is 48.5 Å². The number of ketones is 1. The van der Waals surface area contributed by atoms with Crippen LogP contribution in [0.2, 0.25) is 0 Å². The number of hydrogen-bond donors (Lipinski definition) is 3. The highest BCUT2D eigenvalue weighted by molar-refractivity contribution is 6.09. The first-order chi connectivity index (χ1) is 11.0. The topological polar surface area (TPSA) is 119 Å². The van der Waals surface area contributed by atoms with Crippen LogP contribution < -0.4 is 11.5 Å². The summed E-state index contributed by atoms with van der Waals surface area (Å²) in [6.07, 6.45) is 0. The largest absolute Gasteiger partial charge is 0.481 e. The minimum atomic E-state index is -1.06. The fourth-order valence-electron chi connectivity index (χ4n) is 2.18. The van der Waals surface area contributed by atoms with Crippen molar-refractivity contribution in [2.45, 2.75) is 5.92 Å². The fraction of sp³-hybridized carbons (Fsp3) is 0.118. The van der Waals surface area contributed by atoms with Crippen molar-refractivity contribution in [2.24, 2.45) is 16.5 Å². The molecular weight excluding hydrogens is 294 g/mol. The number of carboxylic acid groups (broad SMARTS) is 1. The van der Waals surface area contributed by atoms with Gasteiger partial charge in [0.15, 0.2) is 11.7 Å². The first-order valence-corrected chi connectivity index (χ1v) is 6.97. The number of aliphatic carboxylic acids is 1. The van der Waals surface area contributed by atoms with Crippen LogP contribution in [0.15, 0.2) is 59.6 Å². The third kappa shape index (κ3) is 4.16. The molecule has 1 unspecified atom stereocenters. The van der Waals surface area contributed by atoms with Crippen molar-refractivity contribution < 1.29 is 14.7 Å². The number of nitrogens with two attached hydrogens (primary N) is 2. The summed E-state index contributed by atoms with van der Waals surface area (Å²) < 4.78 is 0. The summed E-state index contributed by atoms with van der Waals surface area (Å²) in [7, 11) is 0. The lowest BCUT2D eigenvalue weighted by atomic mass is 9.94. The Morgan fingerprint density at radius 1 is 1.00 bits per heavy atom. The van der Waals surface area contributed by atoms with Crippen molar-refractivity contribution >= 4 is 17.7 Å². The van der Waals surface area contributed by atoms with Crippen LogP contribution in [0, 0.1) is 0 Å². The minimum absolute atomic E-state index is 0.0827. The summed E-state index contributed by atoms with van der Waals surface area (Å²) in [6, 6.07) is 15.3. The molecule has 0 saturated carbocycles. The van der Waals surface area contributed by atoms with Crippen LogP contribution in [0.25, 0.3) is 0 Å². The van der Waals surface area contributed by atoms with Crippen LogP contribution in [0.4, 0.5) is 0 Å². The second-order valence-electron chi connectivity index (χ2n) is 4.98. The zero-order valence-electron chi connectivity index (χ0n) is 12.3. The number of carboxylic acids is 1. The summed E-state index contributed by atoms with van der Waals surface area (Å²) in [5.41, 5.74) is 11.9. The summed E-state index contributed by atoms with van der Waals surface area (Å²) in [5.74, 6) is -2.31. The Labute approximate surface area is 133 Å². The average molecular weight is 311 g/mol. The molecule has 0 heterocycles. The van der Waals surface area contributed by atoms with E-state index in [1.807, 2.05) is 6.07 Å². The van der Waals surface area contributed by atoms with Crippen molar-refractivity contribution in [3.63, 3.8) is 0 Å². The Bertz CT molecular complexity index is 738. The van der Waals surface area contributed by atoms with E-state index in [-0.39, 0.29) is 18.3 Å². The summed E-state index contributed by atoms with van der Waals surface area (Å²) >= 11 is 0. The normalized spacial score (nSPS) is 11.5. The second-order valence-corrected chi connectivity index (χ2v) is 4.98. The van der Waals surface area contributed by atoms with E-state index >= 15 is 0 Å². The van der Waals surface area contributed by atoms with Crippen molar-refractivity contribution in [3.05, 3.63) is 71.3 Å². The molecule has 0 amide bonds. The van der Waals surface area contributed by atoms with E-state index in [9.17, 15) is 14.7 Å². The van der Waals surface area contributed by atoms with Gasteiger partial charge >= 0.3 is 5.97 Å². The molecule has 0 spiro atoms. The van der Waals surface area contributed by atoms with Gasteiger partial charge in [0.1, 0.15) is 5.92 Å². The maximum absolute atomic E-state index is 12.4. The SMILES string of the molecule is NC(N)=NCC(C(=O)O)c1cccc(C(=O)c2ccccc2)c1. The molecule has 5 N–H and O–H groups in total. The molecule has 2 aromatic rings. The number of rotatable bonds is 6. The van der Waals surface area contributed by atoms with Gasteiger partial charge in [-0.2, -0.15) is 0 Å². The highest BCUT2D eigenvalue weighted by Crippen LogP contribution is 2.20. The van der Waals surface area contributed by atoms with Gasteiger partial charge in [0.2, 0.25) is 0 Å². The molecule has 2 rings (SSSR count). The van der Waals surface area contributed by atoms with Crippen molar-refractivity contribution in [3.8, 4) is 0 Å². The smallest absolute Gasteiger partial charge is 0.312 e. The zero-order chi connectivity index (χ0) is 16.8. The zero-order valence-corrected chi connectivity index (χ0v) is 12.3. The van der Waals surface area contributed by atoms with E-state index in [1.54, 1.807) is 48.5 Å². The van der Waals surface area contributed by atoms with Gasteiger partial charge in [-0.25, -0.2) is 0 Å². The summed E-state index contributed by atoms with van der Waals surface area (Å²) in [5, 5.41) is 9.35. The quantitative estimate of drug-likeness (QED) is 0.423. The summed E-state index contributed by atoms with van der Waals surface area (Å²) in [4.78, 5) is 27.6. The van der Waals surface area contributed by atoms with Crippen molar-refractivity contribution in [2.75, 3.05) is 6.54 Å². The number of guanidine groups is 1. The van der Waals surface area contributed by atoms with Crippen LogP contribution >= 0.6 is 0 Å². The third-order valence-electron chi connectivity index (χ3n) is 3.34. The third-order valence-corrected chi connectivity index (χ3v) is 3.34. The number of aliphatic imine (C=N–C) groups is 1. The molecule has 0 radical (unpaired) electrons. The lowest BCUT2D eigenvalue weighted by molar-refractivity contribution is -0.138. The predicted octanol–water partition coefficient (Wildman–Crippen LogP) is 1.36. The Morgan fingerprint density at radius 3 is 2.26 bits per heavy atom. The fourth-order valence-corrected chi connectivity index (χ4v) is 2.18. The molecule has 0 aliphatic heterocycles. The Balaban J connectivity index is 2.33. The van der Waals surface area contributed by atoms with Crippen molar-refractivity contribution in [1.29, 1.82) is 0 Å². The molecule has 0 aromatic heterocycles. The first-order valence-electron chi connectivity index (χ1n) is 6.97. The van der Waals surface area contributed by atoms with Gasteiger partial charge in [-0.3, -0.25) is 14.6 Å².